The van der Waals surface area contributed by atoms with E-state index in [-0.39, 0.29) is 11.3 Å². The number of carbonyl (C=O) groups excluding carboxylic acids is 1. The average Bonchev–Trinajstić information content (AvgIpc) is 3.41. The topological polar surface area (TPSA) is 127 Å². The van der Waals surface area contributed by atoms with Gasteiger partial charge in [-0.05, 0) is 30.7 Å². The zero-order valence-corrected chi connectivity index (χ0v) is 17.6. The lowest BCUT2D eigenvalue weighted by molar-refractivity contribution is -0.384. The van der Waals surface area contributed by atoms with Gasteiger partial charge < -0.3 is 4.57 Å². The van der Waals surface area contributed by atoms with E-state index in [1.807, 2.05) is 6.07 Å². The minimum Gasteiger partial charge on any atom is -0.317 e. The Bertz CT molecular complexity index is 1160. The molecular formula is C21H20N6O3S. The number of aromatic nitrogens is 3. The number of unbranched alkanes of at least 4 members (excludes halogenated alkanes) is 2. The Hall–Kier alpha value is -3.84. The van der Waals surface area contributed by atoms with Crippen LogP contribution in [0.5, 0.6) is 0 Å². The van der Waals surface area contributed by atoms with Crippen molar-refractivity contribution in [2.45, 2.75) is 32.6 Å². The summed E-state index contributed by atoms with van der Waals surface area (Å²) in [6, 6.07) is 11.4. The van der Waals surface area contributed by atoms with E-state index in [0.717, 1.165) is 30.7 Å². The molecule has 0 atom stereocenters. The minimum absolute atomic E-state index is 0.0506. The van der Waals surface area contributed by atoms with E-state index in [4.69, 9.17) is 0 Å². The molecule has 2 aromatic heterocycles. The number of nitro benzene ring substituents is 1. The zero-order valence-electron chi connectivity index (χ0n) is 16.8. The molecule has 0 fully saturated rings. The maximum atomic E-state index is 12.6. The number of carbonyl (C=O) groups is 1. The van der Waals surface area contributed by atoms with Gasteiger partial charge in [0.05, 0.1) is 10.6 Å². The molecule has 0 saturated carbocycles. The van der Waals surface area contributed by atoms with Crippen molar-refractivity contribution >= 4 is 34.1 Å². The van der Waals surface area contributed by atoms with Gasteiger partial charge >= 0.3 is 0 Å². The SMILES string of the molecule is CCCCCc1nnc(NC(=O)C(C#N)=Cc2cccn2-c2cccc([N+](=O)[O-])c2)s1. The lowest BCUT2D eigenvalue weighted by Gasteiger charge is -2.07. The van der Waals surface area contributed by atoms with Crippen molar-refractivity contribution < 1.29 is 9.72 Å². The lowest BCUT2D eigenvalue weighted by atomic mass is 10.2. The summed E-state index contributed by atoms with van der Waals surface area (Å²) in [5.74, 6) is -0.592. The molecule has 0 saturated heterocycles. The number of aryl methyl sites for hydroxylation is 1. The van der Waals surface area contributed by atoms with Crippen LogP contribution in [0.2, 0.25) is 0 Å². The number of rotatable bonds is 9. The molecule has 0 spiro atoms. The number of amides is 1. The third-order valence-corrected chi connectivity index (χ3v) is 5.34. The van der Waals surface area contributed by atoms with E-state index in [1.54, 1.807) is 35.0 Å². The van der Waals surface area contributed by atoms with Gasteiger partial charge in [-0.15, -0.1) is 10.2 Å². The van der Waals surface area contributed by atoms with Crippen LogP contribution in [-0.2, 0) is 11.2 Å². The second-order valence-corrected chi connectivity index (χ2v) is 7.72. The van der Waals surface area contributed by atoms with Gasteiger partial charge in [-0.3, -0.25) is 20.2 Å². The molecule has 0 aliphatic carbocycles. The fraction of sp³-hybridized carbons (Fsp3) is 0.238. The molecule has 9 nitrogen and oxygen atoms in total. The molecule has 0 aliphatic heterocycles. The predicted octanol–water partition coefficient (Wildman–Crippen LogP) is 4.52. The first-order valence-corrected chi connectivity index (χ1v) is 10.5. The van der Waals surface area contributed by atoms with Crippen molar-refractivity contribution in [2.75, 3.05) is 5.32 Å². The molecule has 0 bridgehead atoms. The summed E-state index contributed by atoms with van der Waals surface area (Å²) >= 11 is 1.29. The van der Waals surface area contributed by atoms with E-state index in [1.165, 1.54) is 29.5 Å². The van der Waals surface area contributed by atoms with Gasteiger partial charge in [-0.25, -0.2) is 0 Å². The number of hydrogen-bond acceptors (Lipinski definition) is 7. The molecule has 1 amide bonds. The highest BCUT2D eigenvalue weighted by atomic mass is 32.1. The monoisotopic (exact) mass is 436 g/mol. The third-order valence-electron chi connectivity index (χ3n) is 4.44. The predicted molar refractivity (Wildman–Crippen MR) is 118 cm³/mol. The second-order valence-electron chi connectivity index (χ2n) is 6.66. The summed E-state index contributed by atoms with van der Waals surface area (Å²) in [6.45, 7) is 2.12. The number of benzene rings is 1. The van der Waals surface area contributed by atoms with Gasteiger partial charge in [-0.2, -0.15) is 5.26 Å². The van der Waals surface area contributed by atoms with E-state index in [0.29, 0.717) is 16.5 Å². The Labute approximate surface area is 182 Å². The highest BCUT2D eigenvalue weighted by Crippen LogP contribution is 2.21. The standard InChI is InChI=1S/C21H20N6O3S/c1-2-3-4-10-19-24-25-21(31-19)23-20(28)15(14-22)12-16-9-6-11-26(16)17-7-5-8-18(13-17)27(29)30/h5-9,11-13H,2-4,10H2,1H3,(H,23,25,28). The normalized spacial score (nSPS) is 11.2. The van der Waals surface area contributed by atoms with E-state index in [9.17, 15) is 20.2 Å². The second kappa shape index (κ2) is 10.3. The highest BCUT2D eigenvalue weighted by molar-refractivity contribution is 7.15. The average molecular weight is 436 g/mol. The molecule has 0 radical (unpaired) electrons. The summed E-state index contributed by atoms with van der Waals surface area (Å²) in [5, 5.41) is 32.4. The Kier molecular flexibility index (Phi) is 7.24. The minimum atomic E-state index is -0.592. The molecule has 3 aromatic rings. The van der Waals surface area contributed by atoms with Crippen molar-refractivity contribution in [2.24, 2.45) is 0 Å². The molecule has 158 valence electrons. The quantitative estimate of drug-likeness (QED) is 0.173. The van der Waals surface area contributed by atoms with Crippen molar-refractivity contribution in [3.05, 3.63) is 69.0 Å². The summed E-state index contributed by atoms with van der Waals surface area (Å²) < 4.78 is 1.66. The molecule has 31 heavy (non-hydrogen) atoms. The van der Waals surface area contributed by atoms with Crippen LogP contribution in [0.4, 0.5) is 10.8 Å². The van der Waals surface area contributed by atoms with Crippen LogP contribution in [0.15, 0.2) is 48.2 Å². The fourth-order valence-electron chi connectivity index (χ4n) is 2.90. The summed E-state index contributed by atoms with van der Waals surface area (Å²) in [7, 11) is 0. The van der Waals surface area contributed by atoms with Crippen LogP contribution in [0.3, 0.4) is 0 Å². The molecule has 1 N–H and O–H groups in total. The Morgan fingerprint density at radius 2 is 2.16 bits per heavy atom. The first-order valence-electron chi connectivity index (χ1n) is 9.69. The number of nitrogens with zero attached hydrogens (tertiary/aromatic N) is 5. The number of nitriles is 1. The fourth-order valence-corrected chi connectivity index (χ4v) is 3.67. The number of nitrogens with one attached hydrogen (secondary N) is 1. The highest BCUT2D eigenvalue weighted by Gasteiger charge is 2.15. The van der Waals surface area contributed by atoms with Crippen molar-refractivity contribution in [1.82, 2.24) is 14.8 Å². The molecule has 2 heterocycles. The maximum Gasteiger partial charge on any atom is 0.271 e. The molecule has 0 unspecified atom stereocenters. The Balaban J connectivity index is 1.78. The summed E-state index contributed by atoms with van der Waals surface area (Å²) in [6.07, 6.45) is 7.15. The molecule has 10 heteroatoms. The lowest BCUT2D eigenvalue weighted by Crippen LogP contribution is -2.13. The van der Waals surface area contributed by atoms with Gasteiger partial charge in [-0.1, -0.05) is 37.2 Å². The van der Waals surface area contributed by atoms with Crippen molar-refractivity contribution in [3.63, 3.8) is 0 Å². The van der Waals surface area contributed by atoms with Crippen LogP contribution in [-0.4, -0.2) is 25.6 Å². The maximum absolute atomic E-state index is 12.6. The smallest absolute Gasteiger partial charge is 0.271 e. The van der Waals surface area contributed by atoms with Crippen molar-refractivity contribution in [1.29, 1.82) is 5.26 Å². The van der Waals surface area contributed by atoms with Gasteiger partial charge in [0.2, 0.25) is 5.13 Å². The summed E-state index contributed by atoms with van der Waals surface area (Å²) in [4.78, 5) is 23.1. The van der Waals surface area contributed by atoms with Gasteiger partial charge in [0.15, 0.2) is 0 Å². The van der Waals surface area contributed by atoms with Crippen LogP contribution < -0.4 is 5.32 Å². The van der Waals surface area contributed by atoms with Gasteiger partial charge in [0.1, 0.15) is 16.6 Å². The van der Waals surface area contributed by atoms with E-state index in [2.05, 4.69) is 22.4 Å². The number of anilines is 1. The molecular weight excluding hydrogens is 416 g/mol. The number of hydrogen-bond donors (Lipinski definition) is 1. The van der Waals surface area contributed by atoms with E-state index < -0.39 is 10.8 Å². The van der Waals surface area contributed by atoms with Crippen LogP contribution in [0.25, 0.3) is 11.8 Å². The van der Waals surface area contributed by atoms with Gasteiger partial charge in [0.25, 0.3) is 11.6 Å². The largest absolute Gasteiger partial charge is 0.317 e. The molecule has 0 aliphatic rings. The Morgan fingerprint density at radius 1 is 1.32 bits per heavy atom. The zero-order chi connectivity index (χ0) is 22.2. The van der Waals surface area contributed by atoms with E-state index >= 15 is 0 Å². The first-order chi connectivity index (χ1) is 15.0. The third kappa shape index (κ3) is 5.61. The number of non-ortho nitro benzene ring substituents is 1. The van der Waals surface area contributed by atoms with Crippen molar-refractivity contribution in [3.8, 4) is 11.8 Å². The Morgan fingerprint density at radius 3 is 2.90 bits per heavy atom. The van der Waals surface area contributed by atoms with Gasteiger partial charge in [0, 0.05) is 30.4 Å². The number of nitro groups is 1. The summed E-state index contributed by atoms with van der Waals surface area (Å²) in [5.41, 5.74) is 0.909. The molecule has 3 rings (SSSR count). The van der Waals surface area contributed by atoms with Crippen LogP contribution >= 0.6 is 11.3 Å². The first kappa shape index (κ1) is 21.9. The van der Waals surface area contributed by atoms with Crippen LogP contribution in [0, 0.1) is 21.4 Å². The van der Waals surface area contributed by atoms with Crippen LogP contribution in [0.1, 0.15) is 36.9 Å². The molecule has 1 aromatic carbocycles.